The molecule has 1 nitrogen and oxygen atoms in total. The second-order valence-corrected chi connectivity index (χ2v) is 4.45. The molecule has 0 radical (unpaired) electrons. The molecule has 0 atom stereocenters. The zero-order valence-corrected chi connectivity index (χ0v) is 9.82. The first-order valence-electron chi connectivity index (χ1n) is 5.34. The fraction of sp³-hybridized carbons (Fsp3) is 0.143. The highest BCUT2D eigenvalue weighted by Gasteiger charge is 1.90. The highest BCUT2D eigenvalue weighted by Crippen LogP contribution is 2.12. The quantitative estimate of drug-likeness (QED) is 0.697. The van der Waals surface area contributed by atoms with Gasteiger partial charge in [0.15, 0.2) is 0 Å². The third kappa shape index (κ3) is 3.55. The second-order valence-electron chi connectivity index (χ2n) is 3.42. The van der Waals surface area contributed by atoms with Crippen molar-refractivity contribution in [2.24, 2.45) is 0 Å². The lowest BCUT2D eigenvalue weighted by Gasteiger charge is -1.98. The summed E-state index contributed by atoms with van der Waals surface area (Å²) in [6.07, 6.45) is 5.94. The van der Waals surface area contributed by atoms with Crippen LogP contribution in [0.1, 0.15) is 11.3 Å². The van der Waals surface area contributed by atoms with E-state index in [9.17, 15) is 0 Å². The summed E-state index contributed by atoms with van der Waals surface area (Å²) in [6, 6.07) is 14.1. The molecule has 0 saturated carbocycles. The predicted octanol–water partition coefficient (Wildman–Crippen LogP) is 4.27. The number of allylic oxidation sites excluding steroid dienone is 1. The van der Waals surface area contributed by atoms with Crippen LogP contribution >= 0.6 is 11.3 Å². The Hall–Kier alpha value is -1.54. The number of benzene rings is 1. The van der Waals surface area contributed by atoms with Crippen LogP contribution in [0.25, 0.3) is 0 Å². The summed E-state index contributed by atoms with van der Waals surface area (Å²) in [7, 11) is 0. The van der Waals surface area contributed by atoms with Crippen LogP contribution in [-0.2, 0) is 6.42 Å². The molecule has 82 valence electrons. The van der Waals surface area contributed by atoms with Gasteiger partial charge in [-0.25, -0.2) is 0 Å². The molecule has 0 fully saturated rings. The minimum atomic E-state index is 0.884. The van der Waals surface area contributed by atoms with Gasteiger partial charge in [0.25, 0.3) is 0 Å². The maximum absolute atomic E-state index is 5.45. The van der Waals surface area contributed by atoms with Gasteiger partial charge in [-0.05, 0) is 42.5 Å². The van der Waals surface area contributed by atoms with Crippen LogP contribution in [0.15, 0.2) is 60.2 Å². The number of hydrogen-bond acceptors (Lipinski definition) is 2. The lowest BCUT2D eigenvalue weighted by molar-refractivity contribution is 0.478. The molecular weight excluding hydrogens is 216 g/mol. The van der Waals surface area contributed by atoms with Gasteiger partial charge < -0.3 is 4.74 Å². The molecule has 0 saturated heterocycles. The maximum Gasteiger partial charge on any atom is 0.126 e. The molecular formula is C14H14OS. The first-order valence-corrected chi connectivity index (χ1v) is 6.22. The van der Waals surface area contributed by atoms with Crippen LogP contribution in [-0.4, -0.2) is 0 Å². The van der Waals surface area contributed by atoms with E-state index in [-0.39, 0.29) is 0 Å². The number of thiophene rings is 1. The Bertz CT molecular complexity index is 417. The minimum absolute atomic E-state index is 0.884. The highest BCUT2D eigenvalue weighted by atomic mass is 32.1. The van der Waals surface area contributed by atoms with Crippen molar-refractivity contribution in [2.45, 2.75) is 12.8 Å². The van der Waals surface area contributed by atoms with E-state index in [0.717, 1.165) is 18.6 Å². The maximum atomic E-state index is 5.45. The van der Waals surface area contributed by atoms with Gasteiger partial charge >= 0.3 is 0 Å². The molecule has 1 heterocycles. The van der Waals surface area contributed by atoms with Crippen molar-refractivity contribution in [2.75, 3.05) is 0 Å². The summed E-state index contributed by atoms with van der Waals surface area (Å²) in [5.41, 5.74) is 0. The van der Waals surface area contributed by atoms with Gasteiger partial charge in [0.05, 0.1) is 6.26 Å². The summed E-state index contributed by atoms with van der Waals surface area (Å²) >= 11 is 1.80. The molecule has 16 heavy (non-hydrogen) atoms. The van der Waals surface area contributed by atoms with E-state index in [1.165, 1.54) is 4.88 Å². The summed E-state index contributed by atoms with van der Waals surface area (Å²) in [6.45, 7) is 0. The Labute approximate surface area is 100 Å². The van der Waals surface area contributed by atoms with E-state index < -0.39 is 0 Å². The van der Waals surface area contributed by atoms with Gasteiger partial charge in [0.1, 0.15) is 5.75 Å². The van der Waals surface area contributed by atoms with Gasteiger partial charge in [0, 0.05) is 4.88 Å². The predicted molar refractivity (Wildman–Crippen MR) is 68.9 cm³/mol. The number of aryl methyl sites for hydroxylation is 1. The zero-order chi connectivity index (χ0) is 11.1. The Kier molecular flexibility index (Phi) is 4.20. The van der Waals surface area contributed by atoms with Gasteiger partial charge in [-0.2, -0.15) is 0 Å². The van der Waals surface area contributed by atoms with Gasteiger partial charge in [-0.3, -0.25) is 0 Å². The fourth-order valence-corrected chi connectivity index (χ4v) is 2.10. The average molecular weight is 230 g/mol. The van der Waals surface area contributed by atoms with Crippen LogP contribution in [0.3, 0.4) is 0 Å². The Morgan fingerprint density at radius 2 is 1.94 bits per heavy atom. The third-order valence-electron chi connectivity index (χ3n) is 2.18. The molecule has 0 aliphatic rings. The van der Waals surface area contributed by atoms with Crippen molar-refractivity contribution in [3.63, 3.8) is 0 Å². The Morgan fingerprint density at radius 3 is 2.69 bits per heavy atom. The van der Waals surface area contributed by atoms with Crippen molar-refractivity contribution in [1.29, 1.82) is 0 Å². The molecule has 0 bridgehead atoms. The summed E-state index contributed by atoms with van der Waals surface area (Å²) in [5.74, 6) is 0.884. The van der Waals surface area contributed by atoms with Crippen LogP contribution in [0.5, 0.6) is 5.75 Å². The van der Waals surface area contributed by atoms with E-state index in [4.69, 9.17) is 4.74 Å². The number of ether oxygens (including phenoxy) is 1. The molecule has 0 aliphatic carbocycles. The SMILES string of the molecule is C(=COc1ccccc1)CCc1cccs1. The molecule has 1 aromatic heterocycles. The van der Waals surface area contributed by atoms with Crippen LogP contribution in [0.4, 0.5) is 0 Å². The normalized spacial score (nSPS) is 10.8. The topological polar surface area (TPSA) is 9.23 Å². The molecule has 2 heteroatoms. The molecule has 1 aromatic carbocycles. The molecule has 0 amide bonds. The van der Waals surface area contributed by atoms with Gasteiger partial charge in [-0.15, -0.1) is 11.3 Å². The summed E-state index contributed by atoms with van der Waals surface area (Å²) in [4.78, 5) is 1.42. The number of hydrogen-bond donors (Lipinski definition) is 0. The third-order valence-corrected chi connectivity index (χ3v) is 3.12. The lowest BCUT2D eigenvalue weighted by Crippen LogP contribution is -1.82. The minimum Gasteiger partial charge on any atom is -0.465 e. The van der Waals surface area contributed by atoms with Crippen molar-refractivity contribution < 1.29 is 4.74 Å². The Morgan fingerprint density at radius 1 is 1.06 bits per heavy atom. The summed E-state index contributed by atoms with van der Waals surface area (Å²) in [5, 5.41) is 2.11. The van der Waals surface area contributed by atoms with Crippen molar-refractivity contribution in [3.8, 4) is 5.75 Å². The fourth-order valence-electron chi connectivity index (χ4n) is 1.37. The standard InChI is InChI=1S/C14H14OS/c1-2-7-13(8-3-1)15-11-5-4-9-14-10-6-12-16-14/h1-3,5-8,10-12H,4,9H2. The smallest absolute Gasteiger partial charge is 0.126 e. The molecule has 0 unspecified atom stereocenters. The highest BCUT2D eigenvalue weighted by molar-refractivity contribution is 7.09. The zero-order valence-electron chi connectivity index (χ0n) is 9.00. The Balaban J connectivity index is 1.70. The second kappa shape index (κ2) is 6.13. The van der Waals surface area contributed by atoms with Crippen molar-refractivity contribution >= 4 is 11.3 Å². The molecule has 2 rings (SSSR count). The molecule has 0 aliphatic heterocycles. The van der Waals surface area contributed by atoms with Crippen LogP contribution in [0, 0.1) is 0 Å². The van der Waals surface area contributed by atoms with Crippen molar-refractivity contribution in [1.82, 2.24) is 0 Å². The van der Waals surface area contributed by atoms with Gasteiger partial charge in [-0.1, -0.05) is 24.3 Å². The molecule has 0 N–H and O–H groups in total. The van der Waals surface area contributed by atoms with Crippen molar-refractivity contribution in [3.05, 3.63) is 65.1 Å². The van der Waals surface area contributed by atoms with Gasteiger partial charge in [0.2, 0.25) is 0 Å². The molecule has 0 spiro atoms. The summed E-state index contributed by atoms with van der Waals surface area (Å²) < 4.78 is 5.45. The van der Waals surface area contributed by atoms with E-state index in [1.807, 2.05) is 30.3 Å². The van der Waals surface area contributed by atoms with Crippen LogP contribution in [0.2, 0.25) is 0 Å². The average Bonchev–Trinajstić information content (AvgIpc) is 2.83. The largest absolute Gasteiger partial charge is 0.465 e. The lowest BCUT2D eigenvalue weighted by atomic mass is 10.3. The monoisotopic (exact) mass is 230 g/mol. The van der Waals surface area contributed by atoms with E-state index in [2.05, 4.69) is 23.6 Å². The van der Waals surface area contributed by atoms with Crippen LogP contribution < -0.4 is 4.74 Å². The van der Waals surface area contributed by atoms with E-state index >= 15 is 0 Å². The molecule has 2 aromatic rings. The number of para-hydroxylation sites is 1. The van der Waals surface area contributed by atoms with E-state index in [1.54, 1.807) is 17.6 Å². The first-order chi connectivity index (χ1) is 7.95. The van der Waals surface area contributed by atoms with E-state index in [0.29, 0.717) is 0 Å². The first kappa shape index (κ1) is 11.0. The number of rotatable bonds is 5.